The summed E-state index contributed by atoms with van der Waals surface area (Å²) in [6.07, 6.45) is 1.53. The first kappa shape index (κ1) is 19.2. The van der Waals surface area contributed by atoms with Crippen LogP contribution in [0, 0.1) is 0 Å². The molecule has 30 heavy (non-hydrogen) atoms. The standard InChI is InChI=1S/C26H18O4/c27-17-19-11-13-23(29-21-7-3-1-4-8-21)15-25(19)26-16-24(14-12-20(26)18-28)30-22-9-5-2-6-10-22/h1-18H. The van der Waals surface area contributed by atoms with Crippen molar-refractivity contribution in [3.8, 4) is 34.1 Å². The smallest absolute Gasteiger partial charge is 0.150 e. The molecule has 0 spiro atoms. The molecule has 0 aliphatic heterocycles. The van der Waals surface area contributed by atoms with Crippen molar-refractivity contribution in [2.75, 3.05) is 0 Å². The summed E-state index contributed by atoms with van der Waals surface area (Å²) in [5, 5.41) is 0. The molecule has 0 fully saturated rings. The maximum Gasteiger partial charge on any atom is 0.150 e. The minimum Gasteiger partial charge on any atom is -0.457 e. The number of carbonyl (C=O) groups is 2. The lowest BCUT2D eigenvalue weighted by Crippen LogP contribution is -1.95. The first-order chi connectivity index (χ1) is 14.8. The third-order valence-corrected chi connectivity index (χ3v) is 4.55. The number of hydrogen-bond donors (Lipinski definition) is 0. The quantitative estimate of drug-likeness (QED) is 0.333. The van der Waals surface area contributed by atoms with Gasteiger partial charge in [-0.1, -0.05) is 36.4 Å². The predicted octanol–water partition coefficient (Wildman–Crippen LogP) is 6.56. The Morgan fingerprint density at radius 3 is 1.23 bits per heavy atom. The van der Waals surface area contributed by atoms with Crippen LogP contribution in [0.4, 0.5) is 0 Å². The van der Waals surface area contributed by atoms with E-state index >= 15 is 0 Å². The van der Waals surface area contributed by atoms with Gasteiger partial charge in [0, 0.05) is 11.1 Å². The number of para-hydroxylation sites is 2. The van der Waals surface area contributed by atoms with Gasteiger partial charge in [0.2, 0.25) is 0 Å². The van der Waals surface area contributed by atoms with Crippen molar-refractivity contribution in [1.29, 1.82) is 0 Å². The lowest BCUT2D eigenvalue weighted by atomic mass is 9.95. The molecular formula is C26H18O4. The van der Waals surface area contributed by atoms with Gasteiger partial charge in [0.05, 0.1) is 0 Å². The summed E-state index contributed by atoms with van der Waals surface area (Å²) in [4.78, 5) is 23.4. The van der Waals surface area contributed by atoms with E-state index in [-0.39, 0.29) is 0 Å². The van der Waals surface area contributed by atoms with E-state index in [2.05, 4.69) is 0 Å². The Kier molecular flexibility index (Phi) is 5.67. The van der Waals surface area contributed by atoms with E-state index in [9.17, 15) is 9.59 Å². The number of carbonyl (C=O) groups excluding carboxylic acids is 2. The van der Waals surface area contributed by atoms with Crippen LogP contribution < -0.4 is 9.47 Å². The largest absolute Gasteiger partial charge is 0.457 e. The highest BCUT2D eigenvalue weighted by atomic mass is 16.5. The molecule has 4 aromatic rings. The Labute approximate surface area is 174 Å². The second-order valence-corrected chi connectivity index (χ2v) is 6.56. The zero-order valence-corrected chi connectivity index (χ0v) is 16.0. The van der Waals surface area contributed by atoms with Gasteiger partial charge in [-0.2, -0.15) is 0 Å². The fourth-order valence-electron chi connectivity index (χ4n) is 3.12. The Bertz CT molecular complexity index is 1070. The molecule has 4 rings (SSSR count). The maximum absolute atomic E-state index is 11.7. The average Bonchev–Trinajstić information content (AvgIpc) is 2.80. The van der Waals surface area contributed by atoms with Gasteiger partial charge in [-0.15, -0.1) is 0 Å². The van der Waals surface area contributed by atoms with Crippen molar-refractivity contribution in [2.45, 2.75) is 0 Å². The van der Waals surface area contributed by atoms with Crippen LogP contribution in [0.15, 0.2) is 97.1 Å². The van der Waals surface area contributed by atoms with Crippen LogP contribution >= 0.6 is 0 Å². The van der Waals surface area contributed by atoms with Crippen molar-refractivity contribution in [3.63, 3.8) is 0 Å². The summed E-state index contributed by atoms with van der Waals surface area (Å²) in [6, 6.07) is 29.0. The number of benzene rings is 4. The molecule has 0 saturated carbocycles. The maximum atomic E-state index is 11.7. The van der Waals surface area contributed by atoms with Crippen molar-refractivity contribution in [3.05, 3.63) is 108 Å². The topological polar surface area (TPSA) is 52.6 Å². The molecule has 0 saturated heterocycles. The molecule has 146 valence electrons. The molecule has 0 unspecified atom stereocenters. The van der Waals surface area contributed by atoms with E-state index in [1.54, 1.807) is 36.4 Å². The predicted molar refractivity (Wildman–Crippen MR) is 116 cm³/mol. The lowest BCUT2D eigenvalue weighted by Gasteiger charge is -2.13. The van der Waals surface area contributed by atoms with E-state index in [0.717, 1.165) is 12.6 Å². The normalized spacial score (nSPS) is 10.3. The molecule has 0 atom stereocenters. The molecule has 4 heteroatoms. The SMILES string of the molecule is O=Cc1ccc(Oc2ccccc2)cc1-c1cc(Oc2ccccc2)ccc1C=O. The first-order valence-corrected chi connectivity index (χ1v) is 9.41. The zero-order chi connectivity index (χ0) is 20.8. The number of ether oxygens (including phenoxy) is 2. The molecule has 4 aromatic carbocycles. The van der Waals surface area contributed by atoms with E-state index in [1.807, 2.05) is 60.7 Å². The molecule has 0 aliphatic rings. The first-order valence-electron chi connectivity index (χ1n) is 9.41. The van der Waals surface area contributed by atoms with Gasteiger partial charge in [0.1, 0.15) is 23.0 Å². The molecule has 0 amide bonds. The fraction of sp³-hybridized carbons (Fsp3) is 0. The highest BCUT2D eigenvalue weighted by Crippen LogP contribution is 2.34. The van der Waals surface area contributed by atoms with Crippen LogP contribution in [-0.2, 0) is 0 Å². The molecule has 0 aliphatic carbocycles. The Morgan fingerprint density at radius 1 is 0.467 bits per heavy atom. The second-order valence-electron chi connectivity index (χ2n) is 6.56. The molecule has 0 radical (unpaired) electrons. The van der Waals surface area contributed by atoms with Gasteiger partial charge in [0.15, 0.2) is 12.6 Å². The summed E-state index contributed by atoms with van der Waals surface area (Å²) >= 11 is 0. The van der Waals surface area contributed by atoms with Gasteiger partial charge in [0.25, 0.3) is 0 Å². The van der Waals surface area contributed by atoms with E-state index < -0.39 is 0 Å². The molecule has 4 nitrogen and oxygen atoms in total. The van der Waals surface area contributed by atoms with Crippen LogP contribution in [0.25, 0.3) is 11.1 Å². The number of rotatable bonds is 7. The van der Waals surface area contributed by atoms with Crippen LogP contribution in [0.1, 0.15) is 20.7 Å². The van der Waals surface area contributed by atoms with Crippen LogP contribution in [0.3, 0.4) is 0 Å². The van der Waals surface area contributed by atoms with Crippen LogP contribution in [0.2, 0.25) is 0 Å². The van der Waals surface area contributed by atoms with Gasteiger partial charge >= 0.3 is 0 Å². The Morgan fingerprint density at radius 2 is 0.867 bits per heavy atom. The molecular weight excluding hydrogens is 376 g/mol. The Balaban J connectivity index is 1.75. The van der Waals surface area contributed by atoms with Crippen molar-refractivity contribution < 1.29 is 19.1 Å². The highest BCUT2D eigenvalue weighted by Gasteiger charge is 2.13. The van der Waals surface area contributed by atoms with Crippen LogP contribution in [-0.4, -0.2) is 12.6 Å². The summed E-state index contributed by atoms with van der Waals surface area (Å²) in [5.74, 6) is 2.49. The zero-order valence-electron chi connectivity index (χ0n) is 16.0. The van der Waals surface area contributed by atoms with Crippen LogP contribution in [0.5, 0.6) is 23.0 Å². The Hall–Kier alpha value is -4.18. The van der Waals surface area contributed by atoms with Gasteiger partial charge in [-0.05, 0) is 71.8 Å². The van der Waals surface area contributed by atoms with Gasteiger partial charge in [-0.3, -0.25) is 9.59 Å². The second kappa shape index (κ2) is 8.88. The minimum atomic E-state index is 0.454. The summed E-state index contributed by atoms with van der Waals surface area (Å²) in [6.45, 7) is 0. The monoisotopic (exact) mass is 394 g/mol. The van der Waals surface area contributed by atoms with Crippen molar-refractivity contribution in [1.82, 2.24) is 0 Å². The molecule has 0 heterocycles. The minimum absolute atomic E-state index is 0.454. The van der Waals surface area contributed by atoms with Gasteiger partial charge in [-0.25, -0.2) is 0 Å². The summed E-state index contributed by atoms with van der Waals surface area (Å²) < 4.78 is 11.8. The molecule has 0 N–H and O–H groups in total. The third kappa shape index (κ3) is 4.28. The average molecular weight is 394 g/mol. The van der Waals surface area contributed by atoms with E-state index in [4.69, 9.17) is 9.47 Å². The van der Waals surface area contributed by atoms with Crippen molar-refractivity contribution >= 4 is 12.6 Å². The summed E-state index contributed by atoms with van der Waals surface area (Å²) in [5.41, 5.74) is 2.10. The number of aldehydes is 2. The highest BCUT2D eigenvalue weighted by molar-refractivity contribution is 5.95. The van der Waals surface area contributed by atoms with Gasteiger partial charge < -0.3 is 9.47 Å². The number of hydrogen-bond acceptors (Lipinski definition) is 4. The third-order valence-electron chi connectivity index (χ3n) is 4.55. The van der Waals surface area contributed by atoms with Crippen molar-refractivity contribution in [2.24, 2.45) is 0 Å². The fourth-order valence-corrected chi connectivity index (χ4v) is 3.12. The lowest BCUT2D eigenvalue weighted by molar-refractivity contribution is 0.111. The molecule has 0 aromatic heterocycles. The van der Waals surface area contributed by atoms with E-state index in [1.165, 1.54) is 0 Å². The summed E-state index contributed by atoms with van der Waals surface area (Å²) in [7, 11) is 0. The van der Waals surface area contributed by atoms with E-state index in [0.29, 0.717) is 45.3 Å². The molecule has 0 bridgehead atoms.